The van der Waals surface area contributed by atoms with Crippen molar-refractivity contribution in [3.05, 3.63) is 39.4 Å². The standard InChI is InChI=1S/C10H10ClN3O.ClH.H2S/c1-5(12)7-2-6-3-9(11)13-4-8(6)14-10(7)15;;/h2-5H,12H2,1H3,(H,14,15);1H;1H2/t5-;;/m0../s1. The lowest BCUT2D eigenvalue weighted by Crippen LogP contribution is -2.19. The van der Waals surface area contributed by atoms with Gasteiger partial charge in [0.25, 0.3) is 5.56 Å². The molecule has 0 unspecified atom stereocenters. The van der Waals surface area contributed by atoms with Crippen LogP contribution in [0.1, 0.15) is 18.5 Å². The van der Waals surface area contributed by atoms with Gasteiger partial charge in [-0.2, -0.15) is 13.5 Å². The van der Waals surface area contributed by atoms with E-state index in [0.29, 0.717) is 16.2 Å². The molecule has 0 radical (unpaired) electrons. The van der Waals surface area contributed by atoms with Gasteiger partial charge in [-0.3, -0.25) is 4.79 Å². The fourth-order valence-electron chi connectivity index (χ4n) is 1.43. The monoisotopic (exact) mass is 293 g/mol. The number of rotatable bonds is 1. The van der Waals surface area contributed by atoms with Crippen LogP contribution in [0.2, 0.25) is 5.15 Å². The quantitative estimate of drug-likeness (QED) is 0.791. The maximum absolute atomic E-state index is 11.6. The minimum atomic E-state index is -0.301. The molecule has 2 aromatic heterocycles. The molecule has 0 aliphatic rings. The SMILES string of the molecule is C[C@H](N)c1cc2cc(Cl)ncc2[nH]c1=O.Cl.S. The van der Waals surface area contributed by atoms with Crippen LogP contribution in [0.25, 0.3) is 10.9 Å². The number of nitrogens with one attached hydrogen (secondary N) is 1. The Balaban J connectivity index is 0.00000128. The molecular formula is C10H13Cl2N3OS. The predicted molar refractivity (Wildman–Crippen MR) is 77.6 cm³/mol. The van der Waals surface area contributed by atoms with Crippen molar-refractivity contribution in [3.63, 3.8) is 0 Å². The molecule has 0 saturated carbocycles. The summed E-state index contributed by atoms with van der Waals surface area (Å²) in [7, 11) is 0. The predicted octanol–water partition coefficient (Wildman–Crippen LogP) is 2.13. The third kappa shape index (κ3) is 3.35. The highest BCUT2D eigenvalue weighted by Gasteiger charge is 2.07. The van der Waals surface area contributed by atoms with Crippen LogP contribution in [0, 0.1) is 0 Å². The number of nitrogens with zero attached hydrogens (tertiary/aromatic N) is 1. The summed E-state index contributed by atoms with van der Waals surface area (Å²) in [6.07, 6.45) is 1.53. The molecule has 0 saturated heterocycles. The Morgan fingerprint density at radius 1 is 1.47 bits per heavy atom. The summed E-state index contributed by atoms with van der Waals surface area (Å²) >= 11 is 5.76. The summed E-state index contributed by atoms with van der Waals surface area (Å²) in [5.41, 5.74) is 6.70. The minimum Gasteiger partial charge on any atom is -0.324 e. The van der Waals surface area contributed by atoms with Gasteiger partial charge in [0.15, 0.2) is 0 Å². The third-order valence-corrected chi connectivity index (χ3v) is 2.42. The van der Waals surface area contributed by atoms with Gasteiger partial charge in [0, 0.05) is 17.0 Å². The summed E-state index contributed by atoms with van der Waals surface area (Å²) in [6.45, 7) is 1.76. The molecule has 0 fully saturated rings. The third-order valence-electron chi connectivity index (χ3n) is 2.21. The van der Waals surface area contributed by atoms with E-state index >= 15 is 0 Å². The zero-order chi connectivity index (χ0) is 11.0. The maximum Gasteiger partial charge on any atom is 0.253 e. The van der Waals surface area contributed by atoms with Crippen molar-refractivity contribution in [1.29, 1.82) is 0 Å². The van der Waals surface area contributed by atoms with Crippen molar-refractivity contribution < 1.29 is 0 Å². The van der Waals surface area contributed by atoms with Crippen molar-refractivity contribution in [3.8, 4) is 0 Å². The van der Waals surface area contributed by atoms with Crippen molar-refractivity contribution in [2.75, 3.05) is 0 Å². The molecule has 17 heavy (non-hydrogen) atoms. The lowest BCUT2D eigenvalue weighted by Gasteiger charge is -2.05. The molecule has 0 amide bonds. The Kier molecular flexibility index (Phi) is 5.98. The molecule has 2 rings (SSSR count). The molecule has 0 bridgehead atoms. The van der Waals surface area contributed by atoms with Crippen LogP contribution in [0.15, 0.2) is 23.1 Å². The number of pyridine rings is 2. The first-order valence-corrected chi connectivity index (χ1v) is 4.90. The van der Waals surface area contributed by atoms with Crippen molar-refractivity contribution in [1.82, 2.24) is 9.97 Å². The number of H-pyrrole nitrogens is 1. The van der Waals surface area contributed by atoms with Gasteiger partial charge in [-0.15, -0.1) is 12.4 Å². The van der Waals surface area contributed by atoms with Gasteiger partial charge >= 0.3 is 0 Å². The van der Waals surface area contributed by atoms with Gasteiger partial charge in [0.2, 0.25) is 0 Å². The second-order valence-electron chi connectivity index (χ2n) is 3.44. The number of aromatic amines is 1. The number of aromatic nitrogens is 2. The average Bonchev–Trinajstić information content (AvgIpc) is 2.17. The fourth-order valence-corrected chi connectivity index (χ4v) is 1.60. The van der Waals surface area contributed by atoms with Gasteiger partial charge in [0.05, 0.1) is 11.7 Å². The Labute approximate surface area is 116 Å². The van der Waals surface area contributed by atoms with E-state index < -0.39 is 0 Å². The van der Waals surface area contributed by atoms with E-state index in [1.165, 1.54) is 6.20 Å². The first-order valence-electron chi connectivity index (χ1n) is 4.52. The summed E-state index contributed by atoms with van der Waals surface area (Å²) in [6, 6.07) is 3.13. The van der Waals surface area contributed by atoms with Gasteiger partial charge in [-0.1, -0.05) is 11.6 Å². The summed E-state index contributed by atoms with van der Waals surface area (Å²) in [5.74, 6) is 0. The molecule has 0 aromatic carbocycles. The van der Waals surface area contributed by atoms with E-state index in [-0.39, 0.29) is 37.5 Å². The van der Waals surface area contributed by atoms with Crippen LogP contribution >= 0.6 is 37.5 Å². The highest BCUT2D eigenvalue weighted by Crippen LogP contribution is 2.16. The van der Waals surface area contributed by atoms with Crippen molar-refractivity contribution in [2.24, 2.45) is 5.73 Å². The number of hydrogen-bond acceptors (Lipinski definition) is 3. The zero-order valence-electron chi connectivity index (χ0n) is 9.03. The number of hydrogen-bond donors (Lipinski definition) is 2. The molecule has 1 atom stereocenters. The van der Waals surface area contributed by atoms with E-state index in [1.807, 2.05) is 0 Å². The van der Waals surface area contributed by atoms with E-state index in [1.54, 1.807) is 19.1 Å². The lowest BCUT2D eigenvalue weighted by atomic mass is 10.1. The average molecular weight is 294 g/mol. The normalized spacial score (nSPS) is 11.5. The van der Waals surface area contributed by atoms with E-state index in [2.05, 4.69) is 9.97 Å². The highest BCUT2D eigenvalue weighted by atomic mass is 35.5. The van der Waals surface area contributed by atoms with Crippen LogP contribution in [0.4, 0.5) is 0 Å². The molecular weight excluding hydrogens is 281 g/mol. The Morgan fingerprint density at radius 2 is 2.12 bits per heavy atom. The smallest absolute Gasteiger partial charge is 0.253 e. The van der Waals surface area contributed by atoms with E-state index in [9.17, 15) is 4.79 Å². The molecule has 3 N–H and O–H groups in total. The largest absolute Gasteiger partial charge is 0.324 e. The minimum absolute atomic E-state index is 0. The van der Waals surface area contributed by atoms with Gasteiger partial charge in [0.1, 0.15) is 5.15 Å². The van der Waals surface area contributed by atoms with Crippen LogP contribution in [0.3, 0.4) is 0 Å². The number of nitrogens with two attached hydrogens (primary N) is 1. The molecule has 94 valence electrons. The molecule has 0 aliphatic carbocycles. The molecule has 0 spiro atoms. The van der Waals surface area contributed by atoms with Gasteiger partial charge < -0.3 is 10.7 Å². The maximum atomic E-state index is 11.6. The first kappa shape index (κ1) is 16.2. The summed E-state index contributed by atoms with van der Waals surface area (Å²) < 4.78 is 0. The molecule has 2 heterocycles. The van der Waals surface area contributed by atoms with Crippen molar-refractivity contribution in [2.45, 2.75) is 13.0 Å². The lowest BCUT2D eigenvalue weighted by molar-refractivity contribution is 0.803. The van der Waals surface area contributed by atoms with Gasteiger partial charge in [-0.05, 0) is 19.1 Å². The zero-order valence-corrected chi connectivity index (χ0v) is 11.6. The molecule has 2 aromatic rings. The Hall–Kier alpha value is -0.750. The first-order chi connectivity index (χ1) is 7.08. The van der Waals surface area contributed by atoms with E-state index in [0.717, 1.165) is 5.39 Å². The summed E-state index contributed by atoms with van der Waals surface area (Å²) in [5, 5.41) is 1.23. The molecule has 0 aliphatic heterocycles. The second-order valence-corrected chi connectivity index (χ2v) is 3.82. The molecule has 4 nitrogen and oxygen atoms in total. The van der Waals surface area contributed by atoms with Crippen LogP contribution < -0.4 is 11.3 Å². The summed E-state index contributed by atoms with van der Waals surface area (Å²) in [4.78, 5) is 18.2. The second kappa shape index (κ2) is 6.26. The van der Waals surface area contributed by atoms with Crippen LogP contribution in [-0.4, -0.2) is 9.97 Å². The number of halogens is 2. The Morgan fingerprint density at radius 3 is 2.71 bits per heavy atom. The fraction of sp³-hybridized carbons (Fsp3) is 0.200. The van der Waals surface area contributed by atoms with Gasteiger partial charge in [-0.25, -0.2) is 4.98 Å². The van der Waals surface area contributed by atoms with E-state index in [4.69, 9.17) is 17.3 Å². The molecule has 7 heteroatoms. The number of fused-ring (bicyclic) bond motifs is 1. The van der Waals surface area contributed by atoms with Crippen LogP contribution in [-0.2, 0) is 0 Å². The topological polar surface area (TPSA) is 71.8 Å². The van der Waals surface area contributed by atoms with Crippen LogP contribution in [0.5, 0.6) is 0 Å². The van der Waals surface area contributed by atoms with Crippen molar-refractivity contribution >= 4 is 48.4 Å². The highest BCUT2D eigenvalue weighted by molar-refractivity contribution is 7.59. The Bertz CT molecular complexity index is 571.